The predicted molar refractivity (Wildman–Crippen MR) is 95.6 cm³/mol. The minimum absolute atomic E-state index is 0.296. The first-order valence-electron chi connectivity index (χ1n) is 8.53. The van der Waals surface area contributed by atoms with E-state index >= 15 is 0 Å². The van der Waals surface area contributed by atoms with Crippen molar-refractivity contribution in [3.05, 3.63) is 35.0 Å². The Labute approximate surface area is 136 Å². The zero-order valence-corrected chi connectivity index (χ0v) is 14.8. The van der Waals surface area contributed by atoms with Crippen molar-refractivity contribution in [2.24, 2.45) is 0 Å². The van der Waals surface area contributed by atoms with Gasteiger partial charge in [0.25, 0.3) is 0 Å². The van der Waals surface area contributed by atoms with Gasteiger partial charge >= 0.3 is 0 Å². The first-order valence-corrected chi connectivity index (χ1v) is 9.41. The van der Waals surface area contributed by atoms with E-state index in [-0.39, 0.29) is 6.10 Å². The SMILES string of the molecule is C=CCc1cccs1.CCCCCCCCCC([O])CC. The summed E-state index contributed by atoms with van der Waals surface area (Å²) in [4.78, 5) is 1.39. The van der Waals surface area contributed by atoms with Crippen molar-refractivity contribution in [2.45, 2.75) is 84.2 Å². The molecule has 0 N–H and O–H groups in total. The second-order valence-corrected chi connectivity index (χ2v) is 6.54. The normalized spacial score (nSPS) is 11.6. The third kappa shape index (κ3) is 14.1. The Bertz CT molecular complexity index is 305. The van der Waals surface area contributed by atoms with Crippen LogP contribution in [0.15, 0.2) is 30.2 Å². The van der Waals surface area contributed by atoms with Gasteiger partial charge in [-0.3, -0.25) is 0 Å². The molecule has 0 aromatic carbocycles. The Hall–Kier alpha value is -0.600. The summed E-state index contributed by atoms with van der Waals surface area (Å²) in [6.07, 6.45) is 13.5. The second-order valence-electron chi connectivity index (χ2n) is 5.51. The van der Waals surface area contributed by atoms with Gasteiger partial charge in [0.1, 0.15) is 0 Å². The van der Waals surface area contributed by atoms with Crippen molar-refractivity contribution in [3.8, 4) is 0 Å². The maximum Gasteiger partial charge on any atom is 0.0927 e. The fourth-order valence-electron chi connectivity index (χ4n) is 2.10. The lowest BCUT2D eigenvalue weighted by Gasteiger charge is -2.04. The lowest BCUT2D eigenvalue weighted by Crippen LogP contribution is -2.01. The number of rotatable bonds is 11. The van der Waals surface area contributed by atoms with Crippen LogP contribution in [0.2, 0.25) is 0 Å². The summed E-state index contributed by atoms with van der Waals surface area (Å²) in [5.41, 5.74) is 0. The highest BCUT2D eigenvalue weighted by molar-refractivity contribution is 7.09. The molecule has 1 atom stereocenters. The fourth-order valence-corrected chi connectivity index (χ4v) is 2.81. The largest absolute Gasteiger partial charge is 0.233 e. The zero-order valence-electron chi connectivity index (χ0n) is 14.0. The molecule has 1 unspecified atom stereocenters. The topological polar surface area (TPSA) is 19.9 Å². The van der Waals surface area contributed by atoms with Crippen molar-refractivity contribution in [1.82, 2.24) is 0 Å². The highest BCUT2D eigenvalue weighted by Crippen LogP contribution is 2.11. The molecular formula is C19H33OS. The molecule has 2 heteroatoms. The molecule has 0 aliphatic rings. The van der Waals surface area contributed by atoms with E-state index in [9.17, 15) is 5.11 Å². The van der Waals surface area contributed by atoms with Crippen LogP contribution in [-0.4, -0.2) is 6.10 Å². The third-order valence-corrected chi connectivity index (χ3v) is 4.41. The maximum absolute atomic E-state index is 11.0. The summed E-state index contributed by atoms with van der Waals surface area (Å²) >= 11 is 1.78. The molecule has 0 saturated heterocycles. The molecule has 1 aromatic rings. The highest BCUT2D eigenvalue weighted by Gasteiger charge is 2.01. The van der Waals surface area contributed by atoms with E-state index < -0.39 is 0 Å². The molecule has 0 bridgehead atoms. The standard InChI is InChI=1S/C12H25O.C7H8S/c1-3-5-6-7-8-9-10-11-12(13)4-2;1-2-4-7-5-3-6-8-7/h12H,3-11H2,1-2H3;2-3,5-6H,1,4H2. The fraction of sp³-hybridized carbons (Fsp3) is 0.684. The molecule has 0 aliphatic carbocycles. The van der Waals surface area contributed by atoms with Crippen LogP contribution < -0.4 is 0 Å². The molecule has 0 spiro atoms. The first kappa shape index (κ1) is 20.4. The van der Waals surface area contributed by atoms with Crippen LogP contribution in [0.3, 0.4) is 0 Å². The molecule has 1 rings (SSSR count). The molecule has 0 saturated carbocycles. The van der Waals surface area contributed by atoms with Crippen molar-refractivity contribution < 1.29 is 5.11 Å². The molecule has 1 nitrogen and oxygen atoms in total. The van der Waals surface area contributed by atoms with Gasteiger partial charge in [-0.25, -0.2) is 5.11 Å². The maximum atomic E-state index is 11.0. The summed E-state index contributed by atoms with van der Waals surface area (Å²) in [6, 6.07) is 4.18. The van der Waals surface area contributed by atoms with Gasteiger partial charge in [-0.15, -0.1) is 17.9 Å². The average Bonchev–Trinajstić information content (AvgIpc) is 3.00. The summed E-state index contributed by atoms with van der Waals surface area (Å²) in [5.74, 6) is 0. The highest BCUT2D eigenvalue weighted by atomic mass is 32.1. The zero-order chi connectivity index (χ0) is 15.8. The van der Waals surface area contributed by atoms with Crippen molar-refractivity contribution in [1.29, 1.82) is 0 Å². The Morgan fingerprint density at radius 3 is 2.33 bits per heavy atom. The van der Waals surface area contributed by atoms with Crippen LogP contribution >= 0.6 is 11.3 Å². The molecular weight excluding hydrogens is 276 g/mol. The lowest BCUT2D eigenvalue weighted by atomic mass is 10.1. The van der Waals surface area contributed by atoms with E-state index in [1.54, 1.807) is 11.3 Å². The molecule has 121 valence electrons. The quantitative estimate of drug-likeness (QED) is 0.316. The van der Waals surface area contributed by atoms with Crippen molar-refractivity contribution in [3.63, 3.8) is 0 Å². The van der Waals surface area contributed by atoms with Crippen LogP contribution in [0.25, 0.3) is 0 Å². The molecule has 0 aliphatic heterocycles. The molecule has 0 amide bonds. The number of hydrogen-bond acceptors (Lipinski definition) is 1. The summed E-state index contributed by atoms with van der Waals surface area (Å²) in [6.45, 7) is 7.87. The van der Waals surface area contributed by atoms with Gasteiger partial charge in [0.15, 0.2) is 0 Å². The third-order valence-electron chi connectivity index (χ3n) is 3.51. The number of hydrogen-bond donors (Lipinski definition) is 0. The average molecular weight is 310 g/mol. The van der Waals surface area contributed by atoms with Gasteiger partial charge in [-0.1, -0.05) is 70.9 Å². The van der Waals surface area contributed by atoms with E-state index in [0.717, 1.165) is 25.7 Å². The molecule has 1 heterocycles. The van der Waals surface area contributed by atoms with E-state index in [1.807, 2.05) is 13.0 Å². The van der Waals surface area contributed by atoms with Crippen molar-refractivity contribution in [2.75, 3.05) is 0 Å². The molecule has 21 heavy (non-hydrogen) atoms. The first-order chi connectivity index (χ1) is 10.2. The van der Waals surface area contributed by atoms with Crippen molar-refractivity contribution >= 4 is 11.3 Å². The van der Waals surface area contributed by atoms with Gasteiger partial charge in [-0.05, 0) is 30.7 Å². The van der Waals surface area contributed by atoms with E-state index in [1.165, 1.54) is 43.4 Å². The van der Waals surface area contributed by atoms with E-state index in [4.69, 9.17) is 0 Å². The number of thiophene rings is 1. The summed E-state index contributed by atoms with van der Waals surface area (Å²) < 4.78 is 0. The molecule has 0 fully saturated rings. The molecule has 1 radical (unpaired) electrons. The van der Waals surface area contributed by atoms with Gasteiger partial charge in [0.05, 0.1) is 6.10 Å². The summed E-state index contributed by atoms with van der Waals surface area (Å²) in [5, 5.41) is 13.1. The predicted octanol–water partition coefficient (Wildman–Crippen LogP) is 6.81. The smallest absolute Gasteiger partial charge is 0.0927 e. The van der Waals surface area contributed by atoms with Crippen LogP contribution in [0.4, 0.5) is 0 Å². The Kier molecular flexibility index (Phi) is 15.3. The minimum atomic E-state index is -0.296. The van der Waals surface area contributed by atoms with Gasteiger partial charge < -0.3 is 0 Å². The lowest BCUT2D eigenvalue weighted by molar-refractivity contribution is 0.0755. The number of unbranched alkanes of at least 4 members (excludes halogenated alkanes) is 6. The Balaban J connectivity index is 0.000000423. The van der Waals surface area contributed by atoms with Crippen LogP contribution in [0, 0.1) is 0 Å². The Morgan fingerprint density at radius 2 is 1.81 bits per heavy atom. The monoisotopic (exact) mass is 309 g/mol. The summed E-state index contributed by atoms with van der Waals surface area (Å²) in [7, 11) is 0. The number of allylic oxidation sites excluding steroid dienone is 1. The minimum Gasteiger partial charge on any atom is -0.233 e. The molecule has 1 aromatic heterocycles. The van der Waals surface area contributed by atoms with Crippen LogP contribution in [0.5, 0.6) is 0 Å². The van der Waals surface area contributed by atoms with Gasteiger partial charge in [0, 0.05) is 4.88 Å². The van der Waals surface area contributed by atoms with E-state index in [0.29, 0.717) is 0 Å². The Morgan fingerprint density at radius 1 is 1.14 bits per heavy atom. The van der Waals surface area contributed by atoms with Gasteiger partial charge in [0.2, 0.25) is 0 Å². The van der Waals surface area contributed by atoms with Gasteiger partial charge in [-0.2, -0.15) is 0 Å². The van der Waals surface area contributed by atoms with Crippen LogP contribution in [0.1, 0.15) is 76.5 Å². The second kappa shape index (κ2) is 15.8. The van der Waals surface area contributed by atoms with Crippen LogP contribution in [-0.2, 0) is 11.5 Å². The van der Waals surface area contributed by atoms with E-state index in [2.05, 4.69) is 31.0 Å².